The molecule has 0 aliphatic heterocycles. The normalized spacial score (nSPS) is 31.6. The summed E-state index contributed by atoms with van der Waals surface area (Å²) in [5.74, 6) is 0. The summed E-state index contributed by atoms with van der Waals surface area (Å²) in [6.07, 6.45) is 8.33. The fourth-order valence-corrected chi connectivity index (χ4v) is 2.09. The molecule has 1 saturated carbocycles. The quantitative estimate of drug-likeness (QED) is 0.718. The van der Waals surface area contributed by atoms with Crippen LogP contribution in [-0.4, -0.2) is 22.9 Å². The SMILES string of the molecule is C=C1[C@@H](O)CC[C@@]1(C)/C=C/C/C(C)=C/CO. The highest BCUT2D eigenvalue weighted by molar-refractivity contribution is 5.26. The Bertz CT molecular complexity index is 315. The molecule has 0 heterocycles. The number of hydrogen-bond donors (Lipinski definition) is 2. The highest BCUT2D eigenvalue weighted by Gasteiger charge is 2.35. The van der Waals surface area contributed by atoms with Crippen molar-refractivity contribution < 1.29 is 10.2 Å². The molecule has 1 rings (SSSR count). The minimum atomic E-state index is -0.344. The third-order valence-electron chi connectivity index (χ3n) is 3.44. The van der Waals surface area contributed by atoms with Crippen LogP contribution in [0.2, 0.25) is 0 Å². The van der Waals surface area contributed by atoms with Crippen LogP contribution in [0.3, 0.4) is 0 Å². The molecule has 0 bridgehead atoms. The molecule has 16 heavy (non-hydrogen) atoms. The number of aliphatic hydroxyl groups is 2. The standard InChI is InChI=1S/C14H22O2/c1-11(7-10-15)5-4-8-14(3)9-6-13(16)12(14)2/h4,7-8,13,15-16H,2,5-6,9-10H2,1,3H3/b8-4+,11-7+/t13-,14+/m0/s1. The lowest BCUT2D eigenvalue weighted by molar-refractivity contribution is 0.217. The molecular formula is C14H22O2. The molecule has 0 unspecified atom stereocenters. The van der Waals surface area contributed by atoms with Crippen molar-refractivity contribution in [2.45, 2.75) is 39.2 Å². The molecule has 0 amide bonds. The van der Waals surface area contributed by atoms with E-state index in [9.17, 15) is 5.11 Å². The van der Waals surface area contributed by atoms with Crippen molar-refractivity contribution in [2.75, 3.05) is 6.61 Å². The van der Waals surface area contributed by atoms with E-state index in [0.717, 1.165) is 30.4 Å². The Morgan fingerprint density at radius 1 is 1.62 bits per heavy atom. The summed E-state index contributed by atoms with van der Waals surface area (Å²) >= 11 is 0. The molecular weight excluding hydrogens is 200 g/mol. The average Bonchev–Trinajstić information content (AvgIpc) is 2.47. The van der Waals surface area contributed by atoms with Crippen LogP contribution in [-0.2, 0) is 0 Å². The summed E-state index contributed by atoms with van der Waals surface area (Å²) in [5, 5.41) is 18.4. The van der Waals surface area contributed by atoms with Gasteiger partial charge in [-0.15, -0.1) is 0 Å². The minimum Gasteiger partial charge on any atom is -0.392 e. The van der Waals surface area contributed by atoms with Crippen LogP contribution >= 0.6 is 0 Å². The van der Waals surface area contributed by atoms with Gasteiger partial charge in [0.25, 0.3) is 0 Å². The van der Waals surface area contributed by atoms with E-state index in [2.05, 4.69) is 25.7 Å². The van der Waals surface area contributed by atoms with Gasteiger partial charge >= 0.3 is 0 Å². The second-order valence-corrected chi connectivity index (χ2v) is 4.84. The smallest absolute Gasteiger partial charge is 0.0756 e. The van der Waals surface area contributed by atoms with Gasteiger partial charge in [0.05, 0.1) is 12.7 Å². The molecule has 1 fully saturated rings. The Morgan fingerprint density at radius 3 is 2.81 bits per heavy atom. The van der Waals surface area contributed by atoms with Gasteiger partial charge in [0.1, 0.15) is 0 Å². The third-order valence-corrected chi connectivity index (χ3v) is 3.44. The first kappa shape index (κ1) is 13.2. The Labute approximate surface area is 98.0 Å². The molecule has 0 aromatic carbocycles. The summed E-state index contributed by atoms with van der Waals surface area (Å²) in [4.78, 5) is 0. The molecule has 2 N–H and O–H groups in total. The van der Waals surface area contributed by atoms with Crippen molar-refractivity contribution in [1.29, 1.82) is 0 Å². The zero-order chi connectivity index (χ0) is 12.2. The Hall–Kier alpha value is -0.860. The summed E-state index contributed by atoms with van der Waals surface area (Å²) in [7, 11) is 0. The van der Waals surface area contributed by atoms with E-state index in [1.807, 2.05) is 13.0 Å². The molecule has 1 aliphatic rings. The summed E-state index contributed by atoms with van der Waals surface area (Å²) in [6.45, 7) is 8.19. The fraction of sp³-hybridized carbons (Fsp3) is 0.571. The van der Waals surface area contributed by atoms with Crippen LogP contribution in [0, 0.1) is 5.41 Å². The van der Waals surface area contributed by atoms with Crippen LogP contribution in [0.5, 0.6) is 0 Å². The highest BCUT2D eigenvalue weighted by atomic mass is 16.3. The molecule has 2 heteroatoms. The predicted octanol–water partition coefficient (Wildman–Crippen LogP) is 2.59. The summed E-state index contributed by atoms with van der Waals surface area (Å²) in [5.41, 5.74) is 2.03. The van der Waals surface area contributed by atoms with Crippen molar-refractivity contribution in [3.8, 4) is 0 Å². The Morgan fingerprint density at radius 2 is 2.31 bits per heavy atom. The van der Waals surface area contributed by atoms with Crippen molar-refractivity contribution >= 4 is 0 Å². The van der Waals surface area contributed by atoms with Crippen LogP contribution in [0.25, 0.3) is 0 Å². The van der Waals surface area contributed by atoms with Gasteiger partial charge in [0, 0.05) is 5.41 Å². The topological polar surface area (TPSA) is 40.5 Å². The molecule has 0 aromatic heterocycles. The van der Waals surface area contributed by atoms with E-state index >= 15 is 0 Å². The van der Waals surface area contributed by atoms with Gasteiger partial charge < -0.3 is 10.2 Å². The lowest BCUT2D eigenvalue weighted by atomic mass is 9.84. The van der Waals surface area contributed by atoms with E-state index in [1.54, 1.807) is 0 Å². The van der Waals surface area contributed by atoms with E-state index in [-0.39, 0.29) is 18.1 Å². The van der Waals surface area contributed by atoms with Crippen molar-refractivity contribution in [3.05, 3.63) is 36.0 Å². The van der Waals surface area contributed by atoms with Crippen LogP contribution in [0.4, 0.5) is 0 Å². The maximum Gasteiger partial charge on any atom is 0.0756 e. The number of allylic oxidation sites excluding steroid dienone is 3. The molecule has 1 aliphatic carbocycles. The molecule has 0 radical (unpaired) electrons. The van der Waals surface area contributed by atoms with Gasteiger partial charge in [-0.05, 0) is 31.8 Å². The Kier molecular flexibility index (Phi) is 4.51. The zero-order valence-corrected chi connectivity index (χ0v) is 10.2. The van der Waals surface area contributed by atoms with E-state index in [0.29, 0.717) is 0 Å². The first-order valence-corrected chi connectivity index (χ1v) is 5.81. The summed E-state index contributed by atoms with van der Waals surface area (Å²) in [6, 6.07) is 0. The second-order valence-electron chi connectivity index (χ2n) is 4.84. The molecule has 90 valence electrons. The maximum absolute atomic E-state index is 9.65. The van der Waals surface area contributed by atoms with Crippen molar-refractivity contribution in [3.63, 3.8) is 0 Å². The van der Waals surface area contributed by atoms with Crippen molar-refractivity contribution in [1.82, 2.24) is 0 Å². The largest absolute Gasteiger partial charge is 0.392 e. The van der Waals surface area contributed by atoms with Gasteiger partial charge in [-0.1, -0.05) is 37.3 Å². The second kappa shape index (κ2) is 5.46. The first-order chi connectivity index (χ1) is 7.49. The molecule has 0 spiro atoms. The monoisotopic (exact) mass is 222 g/mol. The lowest BCUT2D eigenvalue weighted by Crippen LogP contribution is -2.13. The number of hydrogen-bond acceptors (Lipinski definition) is 2. The average molecular weight is 222 g/mol. The zero-order valence-electron chi connectivity index (χ0n) is 10.2. The lowest BCUT2D eigenvalue weighted by Gasteiger charge is -2.21. The third kappa shape index (κ3) is 3.06. The van der Waals surface area contributed by atoms with Crippen LogP contribution < -0.4 is 0 Å². The van der Waals surface area contributed by atoms with Crippen LogP contribution in [0.1, 0.15) is 33.1 Å². The molecule has 0 saturated heterocycles. The Balaban J connectivity index is 2.57. The maximum atomic E-state index is 9.65. The van der Waals surface area contributed by atoms with Crippen molar-refractivity contribution in [2.24, 2.45) is 5.41 Å². The van der Waals surface area contributed by atoms with Gasteiger partial charge in [-0.2, -0.15) is 0 Å². The van der Waals surface area contributed by atoms with Gasteiger partial charge in [0.15, 0.2) is 0 Å². The molecule has 2 atom stereocenters. The molecule has 2 nitrogen and oxygen atoms in total. The minimum absolute atomic E-state index is 0.0566. The van der Waals surface area contributed by atoms with Gasteiger partial charge in [-0.3, -0.25) is 0 Å². The fourth-order valence-electron chi connectivity index (χ4n) is 2.09. The van der Waals surface area contributed by atoms with Gasteiger partial charge in [-0.25, -0.2) is 0 Å². The van der Waals surface area contributed by atoms with Gasteiger partial charge in [0.2, 0.25) is 0 Å². The first-order valence-electron chi connectivity index (χ1n) is 5.81. The predicted molar refractivity (Wildman–Crippen MR) is 67.1 cm³/mol. The van der Waals surface area contributed by atoms with E-state index < -0.39 is 0 Å². The summed E-state index contributed by atoms with van der Waals surface area (Å²) < 4.78 is 0. The number of aliphatic hydroxyl groups excluding tert-OH is 2. The van der Waals surface area contributed by atoms with E-state index in [1.165, 1.54) is 0 Å². The van der Waals surface area contributed by atoms with E-state index in [4.69, 9.17) is 5.11 Å². The van der Waals surface area contributed by atoms with Crippen LogP contribution in [0.15, 0.2) is 36.0 Å². The molecule has 0 aromatic rings. The highest BCUT2D eigenvalue weighted by Crippen LogP contribution is 2.42. The number of rotatable bonds is 4.